The van der Waals surface area contributed by atoms with E-state index in [1.54, 1.807) is 0 Å². The van der Waals surface area contributed by atoms with Crippen LogP contribution in [0.2, 0.25) is 0 Å². The largest absolute Gasteiger partial charge is 0.396 e. The normalized spacial score (nSPS) is 16.8. The van der Waals surface area contributed by atoms with E-state index in [1.165, 1.54) is 0 Å². The van der Waals surface area contributed by atoms with E-state index in [-0.39, 0.29) is 12.6 Å². The summed E-state index contributed by atoms with van der Waals surface area (Å²) < 4.78 is 0. The molecular formula is C6H16N2O2. The lowest BCUT2D eigenvalue weighted by Gasteiger charge is -2.12. The van der Waals surface area contributed by atoms with Gasteiger partial charge in [-0.1, -0.05) is 0 Å². The Morgan fingerprint density at radius 3 is 2.40 bits per heavy atom. The first-order valence-corrected chi connectivity index (χ1v) is 3.45. The van der Waals surface area contributed by atoms with Crippen molar-refractivity contribution in [1.82, 2.24) is 0 Å². The van der Waals surface area contributed by atoms with Crippen molar-refractivity contribution in [2.45, 2.75) is 25.0 Å². The molecule has 0 aromatic rings. The number of rotatable bonds is 5. The maximum Gasteiger partial charge on any atom is 0.0577 e. The summed E-state index contributed by atoms with van der Waals surface area (Å²) in [5.41, 5.74) is 10.7. The molecule has 4 nitrogen and oxygen atoms in total. The minimum atomic E-state index is -0.511. The molecule has 0 radical (unpaired) electrons. The lowest BCUT2D eigenvalue weighted by molar-refractivity contribution is 0.119. The molecule has 0 bridgehead atoms. The van der Waals surface area contributed by atoms with Gasteiger partial charge in [-0.2, -0.15) is 0 Å². The molecule has 62 valence electrons. The Labute approximate surface area is 60.8 Å². The molecule has 2 unspecified atom stereocenters. The zero-order valence-electron chi connectivity index (χ0n) is 6.03. The van der Waals surface area contributed by atoms with Crippen LogP contribution in [0.1, 0.15) is 12.8 Å². The number of hydrogen-bond donors (Lipinski definition) is 4. The van der Waals surface area contributed by atoms with Crippen LogP contribution < -0.4 is 11.5 Å². The Bertz CT molecular complexity index is 80.1. The van der Waals surface area contributed by atoms with E-state index in [9.17, 15) is 0 Å². The summed E-state index contributed by atoms with van der Waals surface area (Å²) in [6, 6.07) is -0.151. The molecule has 0 spiro atoms. The quantitative estimate of drug-likeness (QED) is 0.378. The topological polar surface area (TPSA) is 92.5 Å². The SMILES string of the molecule is NCC(N)CC(O)CCO. The summed E-state index contributed by atoms with van der Waals surface area (Å²) in [5.74, 6) is 0. The highest BCUT2D eigenvalue weighted by atomic mass is 16.3. The Balaban J connectivity index is 3.27. The molecule has 0 aliphatic carbocycles. The van der Waals surface area contributed by atoms with Gasteiger partial charge in [0, 0.05) is 19.2 Å². The van der Waals surface area contributed by atoms with Crippen LogP contribution in [0.3, 0.4) is 0 Å². The zero-order valence-corrected chi connectivity index (χ0v) is 6.03. The summed E-state index contributed by atoms with van der Waals surface area (Å²) >= 11 is 0. The van der Waals surface area contributed by atoms with E-state index in [2.05, 4.69) is 0 Å². The molecule has 0 aromatic carbocycles. The Morgan fingerprint density at radius 2 is 2.00 bits per heavy atom. The first-order valence-electron chi connectivity index (χ1n) is 3.45. The molecule has 0 heterocycles. The summed E-state index contributed by atoms with van der Waals surface area (Å²) in [5, 5.41) is 17.4. The number of hydrogen-bond acceptors (Lipinski definition) is 4. The van der Waals surface area contributed by atoms with Gasteiger partial charge in [0.25, 0.3) is 0 Å². The van der Waals surface area contributed by atoms with Gasteiger partial charge in [0.1, 0.15) is 0 Å². The Kier molecular flexibility index (Phi) is 5.52. The van der Waals surface area contributed by atoms with Gasteiger partial charge in [-0.05, 0) is 12.8 Å². The molecule has 0 saturated heterocycles. The summed E-state index contributed by atoms with van der Waals surface area (Å²) in [6.45, 7) is 0.376. The third-order valence-corrected chi connectivity index (χ3v) is 1.34. The smallest absolute Gasteiger partial charge is 0.0577 e. The lowest BCUT2D eigenvalue weighted by Crippen LogP contribution is -2.33. The minimum Gasteiger partial charge on any atom is -0.396 e. The highest BCUT2D eigenvalue weighted by Crippen LogP contribution is 1.98. The molecule has 4 heteroatoms. The van der Waals surface area contributed by atoms with Crippen LogP contribution in [0.25, 0.3) is 0 Å². The van der Waals surface area contributed by atoms with Crippen LogP contribution in [-0.4, -0.2) is 35.5 Å². The van der Waals surface area contributed by atoms with E-state index in [0.29, 0.717) is 19.4 Å². The van der Waals surface area contributed by atoms with Crippen molar-refractivity contribution in [3.05, 3.63) is 0 Å². The maximum absolute atomic E-state index is 9.06. The second-order valence-electron chi connectivity index (χ2n) is 2.40. The van der Waals surface area contributed by atoms with Crippen LogP contribution in [0.15, 0.2) is 0 Å². The number of aliphatic hydroxyl groups is 2. The van der Waals surface area contributed by atoms with Gasteiger partial charge < -0.3 is 21.7 Å². The van der Waals surface area contributed by atoms with Crippen LogP contribution in [-0.2, 0) is 0 Å². The molecular weight excluding hydrogens is 132 g/mol. The highest BCUT2D eigenvalue weighted by molar-refractivity contribution is 4.67. The third-order valence-electron chi connectivity index (χ3n) is 1.34. The molecule has 0 saturated carbocycles. The van der Waals surface area contributed by atoms with Gasteiger partial charge >= 0.3 is 0 Å². The second-order valence-corrected chi connectivity index (χ2v) is 2.40. The van der Waals surface area contributed by atoms with Gasteiger partial charge in [-0.15, -0.1) is 0 Å². The van der Waals surface area contributed by atoms with Gasteiger partial charge in [-0.25, -0.2) is 0 Å². The second kappa shape index (κ2) is 5.61. The third kappa shape index (κ3) is 4.69. The fraction of sp³-hybridized carbons (Fsp3) is 1.00. The van der Waals surface area contributed by atoms with Gasteiger partial charge in [0.05, 0.1) is 6.10 Å². The first kappa shape index (κ1) is 9.84. The number of aliphatic hydroxyl groups excluding tert-OH is 2. The highest BCUT2D eigenvalue weighted by Gasteiger charge is 2.07. The molecule has 6 N–H and O–H groups in total. The van der Waals surface area contributed by atoms with Gasteiger partial charge in [0.15, 0.2) is 0 Å². The first-order chi connectivity index (χ1) is 4.70. The molecule has 0 aromatic heterocycles. The molecule has 0 aliphatic rings. The average molecular weight is 148 g/mol. The van der Waals surface area contributed by atoms with Crippen molar-refractivity contribution in [1.29, 1.82) is 0 Å². The van der Waals surface area contributed by atoms with Crippen LogP contribution in [0.4, 0.5) is 0 Å². The molecule has 10 heavy (non-hydrogen) atoms. The van der Waals surface area contributed by atoms with E-state index >= 15 is 0 Å². The van der Waals surface area contributed by atoms with Crippen molar-refractivity contribution in [2.24, 2.45) is 11.5 Å². The van der Waals surface area contributed by atoms with Crippen molar-refractivity contribution >= 4 is 0 Å². The predicted molar refractivity (Wildman–Crippen MR) is 39.4 cm³/mol. The summed E-state index contributed by atoms with van der Waals surface area (Å²) in [7, 11) is 0. The molecule has 0 aliphatic heterocycles. The molecule has 2 atom stereocenters. The maximum atomic E-state index is 9.06. The van der Waals surface area contributed by atoms with Crippen LogP contribution >= 0.6 is 0 Å². The van der Waals surface area contributed by atoms with Crippen LogP contribution in [0, 0.1) is 0 Å². The fourth-order valence-corrected chi connectivity index (χ4v) is 0.713. The predicted octanol–water partition coefficient (Wildman–Crippen LogP) is -1.59. The monoisotopic (exact) mass is 148 g/mol. The standard InChI is InChI=1S/C6H16N2O2/c7-4-5(8)3-6(10)1-2-9/h5-6,9-10H,1-4,7-8H2. The Hall–Kier alpha value is -0.160. The summed E-state index contributed by atoms with van der Waals surface area (Å²) in [6.07, 6.45) is 0.341. The van der Waals surface area contributed by atoms with E-state index in [1.807, 2.05) is 0 Å². The lowest BCUT2D eigenvalue weighted by atomic mass is 10.1. The molecule has 0 amide bonds. The van der Waals surface area contributed by atoms with Crippen LogP contribution in [0.5, 0.6) is 0 Å². The fourth-order valence-electron chi connectivity index (χ4n) is 0.713. The van der Waals surface area contributed by atoms with E-state index < -0.39 is 6.10 Å². The van der Waals surface area contributed by atoms with Crippen molar-refractivity contribution in [3.8, 4) is 0 Å². The van der Waals surface area contributed by atoms with Crippen molar-refractivity contribution in [2.75, 3.05) is 13.2 Å². The molecule has 0 fully saturated rings. The zero-order chi connectivity index (χ0) is 7.98. The Morgan fingerprint density at radius 1 is 1.40 bits per heavy atom. The number of nitrogens with two attached hydrogens (primary N) is 2. The van der Waals surface area contributed by atoms with E-state index in [4.69, 9.17) is 21.7 Å². The van der Waals surface area contributed by atoms with Gasteiger partial charge in [-0.3, -0.25) is 0 Å². The average Bonchev–Trinajstić information content (AvgIpc) is 1.88. The van der Waals surface area contributed by atoms with Crippen molar-refractivity contribution < 1.29 is 10.2 Å². The molecule has 0 rings (SSSR count). The van der Waals surface area contributed by atoms with Crippen molar-refractivity contribution in [3.63, 3.8) is 0 Å². The minimum absolute atomic E-state index is 0.00153. The van der Waals surface area contributed by atoms with E-state index in [0.717, 1.165) is 0 Å². The summed E-state index contributed by atoms with van der Waals surface area (Å²) in [4.78, 5) is 0. The van der Waals surface area contributed by atoms with Gasteiger partial charge in [0.2, 0.25) is 0 Å².